The third-order valence-electron chi connectivity index (χ3n) is 7.61. The number of carbonyl (C=O) groups is 4. The Labute approximate surface area is 305 Å². The minimum atomic E-state index is -4.76. The molecule has 0 aromatic heterocycles. The summed E-state index contributed by atoms with van der Waals surface area (Å²) in [5, 5.41) is 7.00. The zero-order valence-corrected chi connectivity index (χ0v) is 32.1. The topological polar surface area (TPSA) is 171 Å². The van der Waals surface area contributed by atoms with Crippen molar-refractivity contribution in [2.75, 3.05) is 19.8 Å². The molecule has 2 N–H and O–H groups in total. The fourth-order valence-electron chi connectivity index (χ4n) is 4.44. The quantitative estimate of drug-likeness (QED) is 0.0547. The van der Waals surface area contributed by atoms with Crippen LogP contribution in [0, 0.1) is 11.8 Å². The average molecular weight is 697 g/mol. The van der Waals surface area contributed by atoms with Crippen LogP contribution in [-0.2, 0) is 33.9 Å². The Bertz CT molecular complexity index is 1150. The zero-order chi connectivity index (χ0) is 35.0. The standard InChI is InChI=1S/C20H38O7S.C14H18O4.Na.H/c1-5-9-11-16(7-3)14-26-19(21)13-18(28(23,24)25)20(22)27-15-17(8-4)12-10-6-2;1-2-3-4-7-10-18-14(17)12-9-6-5-8-11(12)13(15)16;;/h16-18H,5-15H2,1-4H3,(H,23,24,25);5-6,8-9H,2-4,7,10H2,1H3,(H,15,16);;/q;;+1;-1. The molecular formula is C34H57NaO11S. The van der Waals surface area contributed by atoms with E-state index < -0.39 is 45.7 Å². The average Bonchev–Trinajstić information content (AvgIpc) is 3.03. The second kappa shape index (κ2) is 27.9. The van der Waals surface area contributed by atoms with Gasteiger partial charge in [0.05, 0.1) is 37.4 Å². The molecule has 0 amide bonds. The molecule has 1 rings (SSSR count). The Morgan fingerprint density at radius 3 is 1.72 bits per heavy atom. The van der Waals surface area contributed by atoms with E-state index in [1.54, 1.807) is 12.1 Å². The summed E-state index contributed by atoms with van der Waals surface area (Å²) in [5.74, 6) is -3.29. The van der Waals surface area contributed by atoms with E-state index in [1.165, 1.54) is 12.1 Å². The van der Waals surface area contributed by atoms with Crippen molar-refractivity contribution >= 4 is 34.0 Å². The summed E-state index contributed by atoms with van der Waals surface area (Å²) in [5.41, 5.74) is 0.0940. The van der Waals surface area contributed by atoms with Crippen molar-refractivity contribution in [3.8, 4) is 0 Å². The van der Waals surface area contributed by atoms with Gasteiger partial charge >= 0.3 is 53.4 Å². The van der Waals surface area contributed by atoms with Crippen LogP contribution in [0.1, 0.15) is 140 Å². The van der Waals surface area contributed by atoms with Gasteiger partial charge in [-0.15, -0.1) is 0 Å². The van der Waals surface area contributed by atoms with Crippen molar-refractivity contribution in [1.82, 2.24) is 0 Å². The van der Waals surface area contributed by atoms with E-state index in [0.29, 0.717) is 6.61 Å². The van der Waals surface area contributed by atoms with Gasteiger partial charge in [0.25, 0.3) is 10.1 Å². The van der Waals surface area contributed by atoms with Gasteiger partial charge in [0.2, 0.25) is 0 Å². The number of ether oxygens (including phenoxy) is 3. The van der Waals surface area contributed by atoms with Crippen LogP contribution in [0.3, 0.4) is 0 Å². The van der Waals surface area contributed by atoms with Gasteiger partial charge < -0.3 is 20.7 Å². The molecule has 0 spiro atoms. The number of carbonyl (C=O) groups excluding carboxylic acids is 3. The van der Waals surface area contributed by atoms with E-state index in [4.69, 9.17) is 19.3 Å². The Hall–Kier alpha value is -1.99. The maximum Gasteiger partial charge on any atom is 1.00 e. The van der Waals surface area contributed by atoms with Gasteiger partial charge in [-0.25, -0.2) is 9.59 Å². The second-order valence-corrected chi connectivity index (χ2v) is 13.0. The largest absolute Gasteiger partial charge is 1.00 e. The van der Waals surface area contributed by atoms with Crippen molar-refractivity contribution < 1.29 is 82.4 Å². The molecule has 0 aliphatic carbocycles. The van der Waals surface area contributed by atoms with Crippen LogP contribution in [-0.4, -0.2) is 67.0 Å². The molecule has 0 saturated heterocycles. The molecule has 1 aromatic carbocycles. The first-order chi connectivity index (χ1) is 21.9. The maximum atomic E-state index is 12.2. The Balaban J connectivity index is -0.000000877. The SMILES string of the molecule is CCCCC(CC)COC(=O)CC(C(=O)OCC(CC)CCCC)S(=O)(=O)O.CCCCCCOC(=O)c1ccccc1C(=O)O.[H-].[Na+]. The summed E-state index contributed by atoms with van der Waals surface area (Å²) >= 11 is 0. The van der Waals surface area contributed by atoms with Gasteiger partial charge in [0, 0.05) is 0 Å². The first-order valence-electron chi connectivity index (χ1n) is 16.6. The molecule has 11 nitrogen and oxygen atoms in total. The second-order valence-electron chi connectivity index (χ2n) is 11.4. The van der Waals surface area contributed by atoms with Crippen LogP contribution >= 0.6 is 0 Å². The number of hydrogen-bond donors (Lipinski definition) is 2. The molecule has 13 heteroatoms. The molecule has 3 atom stereocenters. The van der Waals surface area contributed by atoms with Gasteiger partial charge in [-0.3, -0.25) is 14.1 Å². The first kappa shape index (κ1) is 47.1. The van der Waals surface area contributed by atoms with E-state index in [0.717, 1.165) is 77.0 Å². The normalized spacial score (nSPS) is 12.7. The molecule has 0 fully saturated rings. The summed E-state index contributed by atoms with van der Waals surface area (Å²) in [4.78, 5) is 46.9. The minimum absolute atomic E-state index is 0. The van der Waals surface area contributed by atoms with Crippen molar-refractivity contribution in [3.05, 3.63) is 35.4 Å². The summed E-state index contributed by atoms with van der Waals surface area (Å²) < 4.78 is 47.8. The van der Waals surface area contributed by atoms with Crippen LogP contribution in [0.5, 0.6) is 0 Å². The fraction of sp³-hybridized carbons (Fsp3) is 0.706. The van der Waals surface area contributed by atoms with Crippen molar-refractivity contribution in [3.63, 3.8) is 0 Å². The third-order valence-corrected chi connectivity index (χ3v) is 8.69. The number of unbranched alkanes of at least 4 members (excludes halogenated alkanes) is 5. The molecule has 0 heterocycles. The van der Waals surface area contributed by atoms with Crippen LogP contribution in [0.4, 0.5) is 0 Å². The Kier molecular flexibility index (Phi) is 28.0. The van der Waals surface area contributed by atoms with Crippen molar-refractivity contribution in [2.24, 2.45) is 11.8 Å². The number of hydrogen-bond acceptors (Lipinski definition) is 9. The summed E-state index contributed by atoms with van der Waals surface area (Å²) in [6, 6.07) is 6.08. The number of rotatable bonds is 23. The van der Waals surface area contributed by atoms with E-state index in [2.05, 4.69) is 20.8 Å². The molecule has 0 bridgehead atoms. The zero-order valence-electron chi connectivity index (χ0n) is 30.3. The maximum absolute atomic E-state index is 12.2. The summed E-state index contributed by atoms with van der Waals surface area (Å²) in [6.07, 6.45) is 10.8. The van der Waals surface area contributed by atoms with Crippen molar-refractivity contribution in [1.29, 1.82) is 0 Å². The first-order valence-corrected chi connectivity index (χ1v) is 18.1. The molecule has 0 saturated carbocycles. The number of esters is 3. The molecule has 3 unspecified atom stereocenters. The number of carboxylic acid groups (broad SMARTS) is 1. The molecule has 0 radical (unpaired) electrons. The van der Waals surface area contributed by atoms with Crippen LogP contribution in [0.2, 0.25) is 0 Å². The number of aromatic carboxylic acids is 1. The molecular weight excluding hydrogens is 639 g/mol. The van der Waals surface area contributed by atoms with E-state index >= 15 is 0 Å². The smallest absolute Gasteiger partial charge is 1.00 e. The molecule has 1 aromatic rings. The summed E-state index contributed by atoms with van der Waals surface area (Å²) in [7, 11) is -4.76. The van der Waals surface area contributed by atoms with Gasteiger partial charge in [-0.2, -0.15) is 8.42 Å². The monoisotopic (exact) mass is 696 g/mol. The van der Waals surface area contributed by atoms with Crippen molar-refractivity contribution in [2.45, 2.75) is 123 Å². The third kappa shape index (κ3) is 21.6. The van der Waals surface area contributed by atoms with E-state index in [1.807, 2.05) is 13.8 Å². The van der Waals surface area contributed by atoms with E-state index in [-0.39, 0.29) is 67.2 Å². The van der Waals surface area contributed by atoms with Crippen LogP contribution in [0.15, 0.2) is 24.3 Å². The molecule has 266 valence electrons. The minimum Gasteiger partial charge on any atom is -1.00 e. The van der Waals surface area contributed by atoms with Crippen LogP contribution < -0.4 is 29.6 Å². The Morgan fingerprint density at radius 1 is 0.745 bits per heavy atom. The predicted octanol–water partition coefficient (Wildman–Crippen LogP) is 4.39. The van der Waals surface area contributed by atoms with Gasteiger partial charge in [-0.05, 0) is 43.2 Å². The fourth-order valence-corrected chi connectivity index (χ4v) is 5.10. The molecule has 0 aliphatic heterocycles. The molecule has 47 heavy (non-hydrogen) atoms. The predicted molar refractivity (Wildman–Crippen MR) is 177 cm³/mol. The van der Waals surface area contributed by atoms with Gasteiger partial charge in [0.1, 0.15) is 0 Å². The molecule has 0 aliphatic rings. The van der Waals surface area contributed by atoms with Gasteiger partial charge in [-0.1, -0.05) is 105 Å². The number of carboxylic acids is 1. The summed E-state index contributed by atoms with van der Waals surface area (Å²) in [6.45, 7) is 10.8. The van der Waals surface area contributed by atoms with Crippen LogP contribution in [0.25, 0.3) is 0 Å². The van der Waals surface area contributed by atoms with E-state index in [9.17, 15) is 32.1 Å². The van der Waals surface area contributed by atoms with Gasteiger partial charge in [0.15, 0.2) is 5.25 Å². The number of benzene rings is 1. The Morgan fingerprint density at radius 2 is 1.26 bits per heavy atom.